The van der Waals surface area contributed by atoms with Gasteiger partial charge in [0, 0.05) is 17.8 Å². The van der Waals surface area contributed by atoms with Crippen molar-refractivity contribution in [3.05, 3.63) is 42.0 Å². The number of ether oxygens (including phenoxy) is 1. The zero-order valence-corrected chi connectivity index (χ0v) is 22.8. The summed E-state index contributed by atoms with van der Waals surface area (Å²) < 4.78 is 6.55. The van der Waals surface area contributed by atoms with Gasteiger partial charge in [-0.25, -0.2) is 0 Å². The van der Waals surface area contributed by atoms with Crippen LogP contribution in [0.1, 0.15) is 70.8 Å². The maximum atomic E-state index is 14.3. The van der Waals surface area contributed by atoms with Crippen LogP contribution in [0.15, 0.2) is 36.4 Å². The molecule has 2 N–H and O–H groups in total. The highest BCUT2D eigenvalue weighted by Crippen LogP contribution is 2.56. The number of nitrogens with one attached hydrogen (secondary N) is 2. The summed E-state index contributed by atoms with van der Waals surface area (Å²) in [4.78, 5) is 43.9. The molecule has 1 spiro atoms. The number of nitrogens with zero attached hydrogens (tertiary/aromatic N) is 1. The highest BCUT2D eigenvalue weighted by atomic mass is 16.5. The molecule has 7 heteroatoms. The maximum Gasteiger partial charge on any atom is 0.246 e. The van der Waals surface area contributed by atoms with Crippen molar-refractivity contribution < 1.29 is 19.1 Å². The third kappa shape index (κ3) is 4.18. The van der Waals surface area contributed by atoms with Gasteiger partial charge in [-0.05, 0) is 75.0 Å². The number of carbonyl (C=O) groups excluding carboxylic acids is 3. The van der Waals surface area contributed by atoms with Gasteiger partial charge in [0.05, 0.1) is 17.9 Å². The molecule has 3 amide bonds. The lowest BCUT2D eigenvalue weighted by Gasteiger charge is -2.40. The van der Waals surface area contributed by atoms with Crippen molar-refractivity contribution in [1.29, 1.82) is 0 Å². The molecule has 1 aromatic rings. The molecule has 3 aliphatic heterocycles. The van der Waals surface area contributed by atoms with E-state index < -0.39 is 29.6 Å². The molecule has 7 nitrogen and oxygen atoms in total. The molecule has 2 saturated heterocycles. The van der Waals surface area contributed by atoms with Crippen LogP contribution in [0, 0.1) is 30.6 Å². The smallest absolute Gasteiger partial charge is 0.246 e. The first kappa shape index (κ1) is 25.6. The fraction of sp³-hybridized carbons (Fsp3) is 0.645. The van der Waals surface area contributed by atoms with E-state index in [1.807, 2.05) is 48.2 Å². The Balaban J connectivity index is 1.32. The zero-order valence-electron chi connectivity index (χ0n) is 22.8. The van der Waals surface area contributed by atoms with Crippen LogP contribution in [0.25, 0.3) is 0 Å². The van der Waals surface area contributed by atoms with E-state index >= 15 is 0 Å². The topological polar surface area (TPSA) is 87.7 Å². The molecular weight excluding hydrogens is 478 g/mol. The molecular formula is C31H41N3O4. The lowest BCUT2D eigenvalue weighted by molar-refractivity contribution is -0.145. The van der Waals surface area contributed by atoms with E-state index in [-0.39, 0.29) is 29.8 Å². The maximum absolute atomic E-state index is 14.3. The minimum atomic E-state index is -1.10. The van der Waals surface area contributed by atoms with Gasteiger partial charge < -0.3 is 20.3 Å². The highest BCUT2D eigenvalue weighted by Gasteiger charge is 2.73. The molecule has 3 heterocycles. The second-order valence-electron chi connectivity index (χ2n) is 12.6. The normalized spacial score (nSPS) is 39.8. The fourth-order valence-corrected chi connectivity index (χ4v) is 7.86. The van der Waals surface area contributed by atoms with Crippen molar-refractivity contribution in [2.45, 2.75) is 102 Å². The van der Waals surface area contributed by atoms with Crippen molar-refractivity contribution in [2.75, 3.05) is 5.32 Å². The number of hydrogen-bond donors (Lipinski definition) is 2. The Morgan fingerprint density at radius 3 is 2.53 bits per heavy atom. The minimum absolute atomic E-state index is 0.00487. The van der Waals surface area contributed by atoms with Gasteiger partial charge in [-0.15, -0.1) is 0 Å². The van der Waals surface area contributed by atoms with Crippen LogP contribution in [-0.2, 0) is 19.1 Å². The molecule has 2 bridgehead atoms. The molecule has 0 radical (unpaired) electrons. The van der Waals surface area contributed by atoms with E-state index in [2.05, 4.69) is 24.5 Å². The number of carbonyl (C=O) groups is 3. The standard InChI is InChI=1S/C31H41N3O4/c1-18-11-13-22(14-12-18)34-27(29(36)33-23-10-5-4-8-20(23)3)31-16-15-24(38-31)25(26(31)30(34)37)28(35)32-21-9-6-7-19(2)17-21/h6-7,9,15-18,20,22-27H,4-5,8,10-14H2,1-3H3,(H,32,35)(H,33,36)/t18?,20-,22?,23+,24-,25+,26-,27-,31-/m0/s1. The average Bonchev–Trinajstić information content (AvgIpc) is 3.53. The molecule has 5 aliphatic rings. The molecule has 1 aromatic carbocycles. The quantitative estimate of drug-likeness (QED) is 0.566. The van der Waals surface area contributed by atoms with Crippen molar-refractivity contribution in [3.8, 4) is 0 Å². The summed E-state index contributed by atoms with van der Waals surface area (Å²) in [5, 5.41) is 6.37. The predicted molar refractivity (Wildman–Crippen MR) is 145 cm³/mol. The van der Waals surface area contributed by atoms with Crippen molar-refractivity contribution in [1.82, 2.24) is 10.2 Å². The summed E-state index contributed by atoms with van der Waals surface area (Å²) in [5.41, 5.74) is 0.660. The molecule has 4 fully saturated rings. The molecule has 204 valence electrons. The summed E-state index contributed by atoms with van der Waals surface area (Å²) in [6.07, 6.45) is 11.5. The third-order valence-corrected chi connectivity index (χ3v) is 9.97. The number of rotatable bonds is 5. The van der Waals surface area contributed by atoms with Gasteiger partial charge in [-0.1, -0.05) is 51.0 Å². The number of likely N-dealkylation sites (tertiary alicyclic amines) is 1. The monoisotopic (exact) mass is 519 g/mol. The summed E-state index contributed by atoms with van der Waals surface area (Å²) in [6, 6.07) is 7.03. The summed E-state index contributed by atoms with van der Waals surface area (Å²) >= 11 is 0. The van der Waals surface area contributed by atoms with Gasteiger partial charge in [0.25, 0.3) is 0 Å². The number of aryl methyl sites for hydroxylation is 1. The van der Waals surface area contributed by atoms with E-state index in [0.717, 1.165) is 50.5 Å². The second kappa shape index (κ2) is 9.82. The molecule has 2 saturated carbocycles. The van der Waals surface area contributed by atoms with E-state index in [1.54, 1.807) is 0 Å². The van der Waals surface area contributed by atoms with Crippen LogP contribution < -0.4 is 10.6 Å². The molecule has 38 heavy (non-hydrogen) atoms. The van der Waals surface area contributed by atoms with Crippen molar-refractivity contribution >= 4 is 23.4 Å². The Morgan fingerprint density at radius 2 is 1.79 bits per heavy atom. The Morgan fingerprint density at radius 1 is 1.03 bits per heavy atom. The summed E-state index contributed by atoms with van der Waals surface area (Å²) in [6.45, 7) is 6.44. The van der Waals surface area contributed by atoms with Gasteiger partial charge in [-0.2, -0.15) is 0 Å². The summed E-state index contributed by atoms with van der Waals surface area (Å²) in [7, 11) is 0. The Hall–Kier alpha value is -2.67. The molecule has 2 aliphatic carbocycles. The van der Waals surface area contributed by atoms with E-state index in [9.17, 15) is 14.4 Å². The van der Waals surface area contributed by atoms with Gasteiger partial charge in [0.15, 0.2) is 0 Å². The number of anilines is 1. The first-order valence-corrected chi connectivity index (χ1v) is 14.7. The van der Waals surface area contributed by atoms with Crippen LogP contribution in [-0.4, -0.2) is 52.5 Å². The van der Waals surface area contributed by atoms with E-state index in [4.69, 9.17) is 4.74 Å². The van der Waals surface area contributed by atoms with Crippen LogP contribution in [0.4, 0.5) is 5.69 Å². The predicted octanol–water partition coefficient (Wildman–Crippen LogP) is 4.36. The van der Waals surface area contributed by atoms with Crippen LogP contribution >= 0.6 is 0 Å². The Bertz CT molecular complexity index is 1140. The second-order valence-corrected chi connectivity index (χ2v) is 12.6. The van der Waals surface area contributed by atoms with Crippen LogP contribution in [0.3, 0.4) is 0 Å². The molecule has 7 atom stereocenters. The lowest BCUT2D eigenvalue weighted by Crippen LogP contribution is -2.59. The Labute approximate surface area is 225 Å². The number of amides is 3. The third-order valence-electron chi connectivity index (χ3n) is 9.97. The first-order chi connectivity index (χ1) is 18.3. The van der Waals surface area contributed by atoms with Gasteiger partial charge in [0.2, 0.25) is 17.7 Å². The van der Waals surface area contributed by atoms with E-state index in [1.165, 1.54) is 6.42 Å². The Kier molecular flexibility index (Phi) is 6.61. The molecule has 0 unspecified atom stereocenters. The van der Waals surface area contributed by atoms with E-state index in [0.29, 0.717) is 17.5 Å². The molecule has 0 aromatic heterocycles. The highest BCUT2D eigenvalue weighted by molar-refractivity contribution is 6.03. The zero-order chi connectivity index (χ0) is 26.6. The number of fused-ring (bicyclic) bond motifs is 1. The van der Waals surface area contributed by atoms with Gasteiger partial charge in [0.1, 0.15) is 11.6 Å². The van der Waals surface area contributed by atoms with Crippen LogP contribution in [0.2, 0.25) is 0 Å². The average molecular weight is 520 g/mol. The SMILES string of the molecule is Cc1cccc(NC(=O)[C@@H]2[C@@H]3C=C[C@]4(O3)[C@@H]2C(=O)N(C2CCC(C)CC2)[C@H]4C(=O)N[C@@H]2CCCC[C@@H]2C)c1. The van der Waals surface area contributed by atoms with Gasteiger partial charge in [-0.3, -0.25) is 14.4 Å². The fourth-order valence-electron chi connectivity index (χ4n) is 7.86. The van der Waals surface area contributed by atoms with Gasteiger partial charge >= 0.3 is 0 Å². The minimum Gasteiger partial charge on any atom is -0.359 e. The van der Waals surface area contributed by atoms with Crippen molar-refractivity contribution in [2.24, 2.45) is 23.7 Å². The molecule has 6 rings (SSSR count). The number of benzene rings is 1. The lowest BCUT2D eigenvalue weighted by atomic mass is 9.74. The largest absolute Gasteiger partial charge is 0.359 e. The number of hydrogen-bond acceptors (Lipinski definition) is 4. The summed E-state index contributed by atoms with van der Waals surface area (Å²) in [5.74, 6) is -0.765. The van der Waals surface area contributed by atoms with Crippen molar-refractivity contribution in [3.63, 3.8) is 0 Å². The first-order valence-electron chi connectivity index (χ1n) is 14.7. The van der Waals surface area contributed by atoms with Crippen LogP contribution in [0.5, 0.6) is 0 Å².